The van der Waals surface area contributed by atoms with Crippen LogP contribution in [0.5, 0.6) is 5.75 Å². The minimum absolute atomic E-state index is 0.111. The molecule has 2 aliphatic rings. The molecule has 3 aromatic carbocycles. The molecule has 30 heavy (non-hydrogen) atoms. The van der Waals surface area contributed by atoms with Crippen LogP contribution in [0.1, 0.15) is 46.5 Å². The first-order valence-corrected chi connectivity index (χ1v) is 10.1. The Morgan fingerprint density at radius 2 is 1.83 bits per heavy atom. The second-order valence-corrected chi connectivity index (χ2v) is 8.23. The van der Waals surface area contributed by atoms with Crippen molar-refractivity contribution in [2.45, 2.75) is 32.5 Å². The molecular weight excluding hydrogens is 406 g/mol. The van der Waals surface area contributed by atoms with E-state index in [9.17, 15) is 8.78 Å². The van der Waals surface area contributed by atoms with Gasteiger partial charge in [-0.15, -0.1) is 0 Å². The summed E-state index contributed by atoms with van der Waals surface area (Å²) in [6.07, 6.45) is 0.00245. The Morgan fingerprint density at radius 1 is 1.00 bits per heavy atom. The van der Waals surface area contributed by atoms with Crippen molar-refractivity contribution >= 4 is 17.3 Å². The highest BCUT2D eigenvalue weighted by atomic mass is 35.5. The van der Waals surface area contributed by atoms with Crippen LogP contribution in [-0.4, -0.2) is 10.7 Å². The average molecular weight is 425 g/mol. The third-order valence-corrected chi connectivity index (χ3v) is 5.92. The van der Waals surface area contributed by atoms with Gasteiger partial charge in [-0.25, -0.2) is 13.8 Å². The van der Waals surface area contributed by atoms with Gasteiger partial charge in [0.05, 0.1) is 11.8 Å². The number of halogens is 3. The van der Waals surface area contributed by atoms with E-state index in [1.54, 1.807) is 6.07 Å². The monoisotopic (exact) mass is 424 g/mol. The van der Waals surface area contributed by atoms with E-state index in [0.29, 0.717) is 22.8 Å². The molecule has 6 heteroatoms. The third-order valence-electron chi connectivity index (χ3n) is 5.68. The van der Waals surface area contributed by atoms with E-state index in [1.165, 1.54) is 12.1 Å². The molecule has 0 saturated heterocycles. The molecule has 152 valence electrons. The Morgan fingerprint density at radius 3 is 2.63 bits per heavy atom. The lowest BCUT2D eigenvalue weighted by Gasteiger charge is -2.38. The molecule has 0 unspecified atom stereocenters. The molecule has 0 spiro atoms. The van der Waals surface area contributed by atoms with Gasteiger partial charge in [0.15, 0.2) is 11.6 Å². The smallest absolute Gasteiger partial charge is 0.213 e. The van der Waals surface area contributed by atoms with Crippen LogP contribution in [0.15, 0.2) is 59.7 Å². The summed E-state index contributed by atoms with van der Waals surface area (Å²) in [4.78, 5) is 0. The van der Waals surface area contributed by atoms with Gasteiger partial charge in [0.1, 0.15) is 5.75 Å². The van der Waals surface area contributed by atoms with Gasteiger partial charge in [0, 0.05) is 28.1 Å². The van der Waals surface area contributed by atoms with Gasteiger partial charge in [-0.05, 0) is 55.8 Å². The first-order chi connectivity index (χ1) is 14.4. The first kappa shape index (κ1) is 19.1. The van der Waals surface area contributed by atoms with Crippen molar-refractivity contribution in [1.29, 1.82) is 0 Å². The number of nitrogens with zero attached hydrogens (tertiary/aromatic N) is 2. The Bertz CT molecular complexity index is 1190. The number of hydrazone groups is 1. The molecule has 2 heterocycles. The van der Waals surface area contributed by atoms with Crippen molar-refractivity contribution in [1.82, 2.24) is 5.01 Å². The second kappa shape index (κ2) is 7.10. The molecule has 0 radical (unpaired) electrons. The summed E-state index contributed by atoms with van der Waals surface area (Å²) < 4.78 is 33.7. The van der Waals surface area contributed by atoms with Crippen LogP contribution in [0.25, 0.3) is 0 Å². The molecule has 0 N–H and O–H groups in total. The molecule has 2 aliphatic heterocycles. The number of fused-ring (bicyclic) bond motifs is 3. The van der Waals surface area contributed by atoms with Crippen molar-refractivity contribution < 1.29 is 13.5 Å². The lowest BCUT2D eigenvalue weighted by atomic mass is 9.93. The normalized spacial score (nSPS) is 19.8. The van der Waals surface area contributed by atoms with Gasteiger partial charge >= 0.3 is 0 Å². The predicted octanol–water partition coefficient (Wildman–Crippen LogP) is 6.48. The van der Waals surface area contributed by atoms with Gasteiger partial charge in [-0.1, -0.05) is 35.4 Å². The molecule has 3 nitrogen and oxygen atoms in total. The molecular formula is C24H19ClF2N2O. The van der Waals surface area contributed by atoms with Gasteiger partial charge in [-0.2, -0.15) is 5.10 Å². The Hall–Kier alpha value is -2.92. The van der Waals surface area contributed by atoms with E-state index < -0.39 is 17.9 Å². The first-order valence-electron chi connectivity index (χ1n) is 9.75. The largest absolute Gasteiger partial charge is 0.464 e. The molecule has 0 fully saturated rings. The second-order valence-electron chi connectivity index (χ2n) is 7.79. The molecule has 2 atom stereocenters. The molecule has 0 amide bonds. The fourth-order valence-electron chi connectivity index (χ4n) is 4.15. The summed E-state index contributed by atoms with van der Waals surface area (Å²) in [5.74, 6) is -1.13. The maximum atomic E-state index is 14.0. The summed E-state index contributed by atoms with van der Waals surface area (Å²) >= 11 is 6.26. The van der Waals surface area contributed by atoms with E-state index in [2.05, 4.69) is 25.1 Å². The van der Waals surface area contributed by atoms with E-state index in [-0.39, 0.29) is 6.04 Å². The lowest BCUT2D eigenvalue weighted by Crippen LogP contribution is -2.33. The molecule has 0 bridgehead atoms. The van der Waals surface area contributed by atoms with Crippen molar-refractivity contribution in [2.75, 3.05) is 0 Å². The summed E-state index contributed by atoms with van der Waals surface area (Å²) in [6.45, 7) is 4.11. The maximum Gasteiger partial charge on any atom is 0.213 e. The maximum absolute atomic E-state index is 14.0. The zero-order chi connectivity index (χ0) is 21.0. The summed E-state index contributed by atoms with van der Waals surface area (Å²) in [5.41, 5.74) is 5.74. The molecule has 0 aliphatic carbocycles. The standard InChI is InChI=1S/C24H19ClF2N2O/c1-13-3-4-14(2)17(9-13)21-12-22-18-11-16(25)6-8-23(18)30-24(29(22)28-21)15-5-7-19(26)20(27)10-15/h3-11,22,24H,12H2,1-2H3/t22-,24-/m1/s1. The fourth-order valence-corrected chi connectivity index (χ4v) is 4.33. The van der Waals surface area contributed by atoms with Crippen molar-refractivity contribution in [2.24, 2.45) is 5.10 Å². The molecule has 0 aromatic heterocycles. The van der Waals surface area contributed by atoms with Crippen LogP contribution in [0.3, 0.4) is 0 Å². The molecule has 3 aromatic rings. The van der Waals surface area contributed by atoms with Crippen molar-refractivity contribution in [3.05, 3.63) is 99.1 Å². The third kappa shape index (κ3) is 3.14. The number of ether oxygens (including phenoxy) is 1. The number of hydrogen-bond acceptors (Lipinski definition) is 3. The van der Waals surface area contributed by atoms with E-state index in [0.717, 1.165) is 34.0 Å². The van der Waals surface area contributed by atoms with Gasteiger partial charge in [-0.3, -0.25) is 0 Å². The van der Waals surface area contributed by atoms with Crippen LogP contribution in [0.4, 0.5) is 8.78 Å². The van der Waals surface area contributed by atoms with Crippen LogP contribution >= 0.6 is 11.6 Å². The minimum Gasteiger partial charge on any atom is -0.464 e. The zero-order valence-electron chi connectivity index (χ0n) is 16.5. The van der Waals surface area contributed by atoms with E-state index in [1.807, 2.05) is 24.1 Å². The number of hydrogen-bond donors (Lipinski definition) is 0. The topological polar surface area (TPSA) is 24.8 Å². The summed E-state index contributed by atoms with van der Waals surface area (Å²) in [6, 6.07) is 15.5. The highest BCUT2D eigenvalue weighted by molar-refractivity contribution is 6.30. The van der Waals surface area contributed by atoms with Crippen LogP contribution in [-0.2, 0) is 0 Å². The zero-order valence-corrected chi connectivity index (χ0v) is 17.3. The fraction of sp³-hybridized carbons (Fsp3) is 0.208. The van der Waals surface area contributed by atoms with Crippen molar-refractivity contribution in [3.8, 4) is 5.75 Å². The Kier molecular flexibility index (Phi) is 4.51. The number of benzene rings is 3. The van der Waals surface area contributed by atoms with Crippen molar-refractivity contribution in [3.63, 3.8) is 0 Å². The van der Waals surface area contributed by atoms with Crippen LogP contribution < -0.4 is 4.74 Å². The Balaban J connectivity index is 1.63. The summed E-state index contributed by atoms with van der Waals surface area (Å²) in [7, 11) is 0. The Labute approximate surface area is 178 Å². The van der Waals surface area contributed by atoms with Crippen LogP contribution in [0, 0.1) is 25.5 Å². The van der Waals surface area contributed by atoms with E-state index >= 15 is 0 Å². The lowest BCUT2D eigenvalue weighted by molar-refractivity contribution is -0.0192. The van der Waals surface area contributed by atoms with Crippen LogP contribution in [0.2, 0.25) is 5.02 Å². The predicted molar refractivity (Wildman–Crippen MR) is 113 cm³/mol. The number of rotatable bonds is 2. The minimum atomic E-state index is -0.910. The van der Waals surface area contributed by atoms with Gasteiger partial charge in [0.2, 0.25) is 6.23 Å². The van der Waals surface area contributed by atoms with Gasteiger partial charge in [0.25, 0.3) is 0 Å². The van der Waals surface area contributed by atoms with Gasteiger partial charge < -0.3 is 4.74 Å². The summed E-state index contributed by atoms with van der Waals surface area (Å²) in [5, 5.41) is 7.34. The molecule has 5 rings (SSSR count). The number of aryl methyl sites for hydroxylation is 2. The quantitative estimate of drug-likeness (QED) is 0.470. The SMILES string of the molecule is Cc1ccc(C)c(C2=NN3[C@H](C2)c2cc(Cl)ccc2O[C@@H]3c2ccc(F)c(F)c2)c1. The molecule has 0 saturated carbocycles. The highest BCUT2D eigenvalue weighted by Crippen LogP contribution is 2.48. The highest BCUT2D eigenvalue weighted by Gasteiger charge is 2.41. The van der Waals surface area contributed by atoms with E-state index in [4.69, 9.17) is 21.4 Å². The average Bonchev–Trinajstić information content (AvgIpc) is 3.17.